The monoisotopic (exact) mass is 627 g/mol. The molecule has 1 heterocycles. The molecule has 5 N–H and O–H groups in total. The van der Waals surface area contributed by atoms with Gasteiger partial charge in [0.15, 0.2) is 17.5 Å². The number of aromatic nitrogens is 2. The van der Waals surface area contributed by atoms with Crippen LogP contribution in [0.3, 0.4) is 0 Å². The van der Waals surface area contributed by atoms with Crippen LogP contribution in [0.4, 0.5) is 10.1 Å². The summed E-state index contributed by atoms with van der Waals surface area (Å²) >= 11 is 0. The van der Waals surface area contributed by atoms with E-state index < -0.39 is 5.82 Å². The van der Waals surface area contributed by atoms with Crippen LogP contribution >= 0.6 is 0 Å². The summed E-state index contributed by atoms with van der Waals surface area (Å²) in [6, 6.07) is 9.25. The lowest BCUT2D eigenvalue weighted by atomic mass is 9.82. The number of hydrogen-bond donors (Lipinski definition) is 3. The average molecular weight is 628 g/mol. The Kier molecular flexibility index (Phi) is 15.8. The number of hydrogen-bond acceptors (Lipinski definition) is 7. The van der Waals surface area contributed by atoms with Crippen molar-refractivity contribution in [3.05, 3.63) is 58.4 Å². The molecular formula is C34H54FN7O3. The highest BCUT2D eigenvalue weighted by molar-refractivity contribution is 5.85. The van der Waals surface area contributed by atoms with E-state index in [-0.39, 0.29) is 24.0 Å². The number of aliphatic imine (C=N–C) groups is 1. The zero-order valence-electron chi connectivity index (χ0n) is 28.4. The van der Waals surface area contributed by atoms with Crippen molar-refractivity contribution in [3.8, 4) is 11.5 Å². The maximum Gasteiger partial charge on any atom is 0.261 e. The predicted octanol–water partition coefficient (Wildman–Crippen LogP) is 5.33. The smallest absolute Gasteiger partial charge is 0.261 e. The zero-order valence-corrected chi connectivity index (χ0v) is 28.4. The van der Waals surface area contributed by atoms with Crippen LogP contribution < -0.4 is 31.8 Å². The maximum atomic E-state index is 14.2. The summed E-state index contributed by atoms with van der Waals surface area (Å²) in [5, 5.41) is 3.51. The highest BCUT2D eigenvalue weighted by Crippen LogP contribution is 2.28. The van der Waals surface area contributed by atoms with Crippen LogP contribution in [-0.4, -0.2) is 60.2 Å². The number of methoxy groups -OCH3 is 1. The van der Waals surface area contributed by atoms with Gasteiger partial charge >= 0.3 is 0 Å². The van der Waals surface area contributed by atoms with Crippen LogP contribution in [0.15, 0.2) is 46.2 Å². The third-order valence-electron chi connectivity index (χ3n) is 7.90. The molecule has 0 bridgehead atoms. The van der Waals surface area contributed by atoms with Gasteiger partial charge in [0.2, 0.25) is 0 Å². The molecule has 0 spiro atoms. The third-order valence-corrected chi connectivity index (χ3v) is 7.90. The molecule has 45 heavy (non-hydrogen) atoms. The molecule has 10 nitrogen and oxygen atoms in total. The van der Waals surface area contributed by atoms with Crippen LogP contribution in [0.1, 0.15) is 66.1 Å². The standard InChI is InChI=1S/C24H32FN7O3.C8H16.C2H6/c1-15(26)13-32(10-9-28-2)24(27)29-16-5-7-18-20(11-16)30-22(31(3)23(18)33)14-35-21-8-6-17(34-4)12-19(21)25;1-7-5-3-4-6-8(7)2;1-2/h5-8,11-12,15,28H,9-10,13-14,26H2,1-4H3,(H2,27,29);7-8H,3-6H2,1-2H3;1-2H3/t15-;7-,8?;/m01./s1. The molecular weight excluding hydrogens is 573 g/mol. The lowest BCUT2D eigenvalue weighted by Gasteiger charge is -2.25. The van der Waals surface area contributed by atoms with Gasteiger partial charge in [0, 0.05) is 38.8 Å². The van der Waals surface area contributed by atoms with E-state index in [4.69, 9.17) is 20.9 Å². The van der Waals surface area contributed by atoms with E-state index in [1.807, 2.05) is 32.7 Å². The molecule has 1 aliphatic carbocycles. The van der Waals surface area contributed by atoms with E-state index in [0.29, 0.717) is 47.2 Å². The largest absolute Gasteiger partial charge is 0.497 e. The number of nitrogens with one attached hydrogen (secondary N) is 1. The SMILES string of the molecule is CC.CC1CCCC[C@H]1C.CNCCN(C[C@H](C)N)C(N)=Nc1ccc2c(=O)n(C)c(COc3ccc(OC)cc3F)nc2c1. The summed E-state index contributed by atoms with van der Waals surface area (Å²) in [6.45, 7) is 12.5. The van der Waals surface area contributed by atoms with Gasteiger partial charge in [-0.05, 0) is 56.1 Å². The van der Waals surface area contributed by atoms with Crippen molar-refractivity contribution in [2.45, 2.75) is 73.0 Å². The van der Waals surface area contributed by atoms with Crippen molar-refractivity contribution in [1.82, 2.24) is 19.8 Å². The van der Waals surface area contributed by atoms with Gasteiger partial charge in [-0.2, -0.15) is 0 Å². The number of nitrogens with two attached hydrogens (primary N) is 2. The van der Waals surface area contributed by atoms with E-state index in [9.17, 15) is 9.18 Å². The van der Waals surface area contributed by atoms with Crippen molar-refractivity contribution in [1.29, 1.82) is 0 Å². The van der Waals surface area contributed by atoms with Crippen LogP contribution in [0.5, 0.6) is 11.5 Å². The zero-order chi connectivity index (χ0) is 33.5. The molecule has 1 saturated carbocycles. The number of rotatable bonds is 10. The molecule has 1 fully saturated rings. The van der Waals surface area contributed by atoms with E-state index in [1.165, 1.54) is 49.5 Å². The average Bonchev–Trinajstić information content (AvgIpc) is 3.03. The van der Waals surface area contributed by atoms with Gasteiger partial charge in [-0.1, -0.05) is 53.4 Å². The fourth-order valence-electron chi connectivity index (χ4n) is 4.97. The van der Waals surface area contributed by atoms with Gasteiger partial charge in [-0.3, -0.25) is 9.36 Å². The predicted molar refractivity (Wildman–Crippen MR) is 183 cm³/mol. The summed E-state index contributed by atoms with van der Waals surface area (Å²) < 4.78 is 26.2. The Morgan fingerprint density at radius 1 is 1.18 bits per heavy atom. The lowest BCUT2D eigenvalue weighted by Crippen LogP contribution is -2.46. The number of halogens is 1. The van der Waals surface area contributed by atoms with E-state index >= 15 is 0 Å². The van der Waals surface area contributed by atoms with Crippen molar-refractivity contribution in [2.24, 2.45) is 35.3 Å². The molecule has 1 unspecified atom stereocenters. The normalized spacial score (nSPS) is 17.0. The van der Waals surface area contributed by atoms with E-state index in [0.717, 1.165) is 18.4 Å². The molecule has 250 valence electrons. The second-order valence-electron chi connectivity index (χ2n) is 11.4. The minimum absolute atomic E-state index is 0.0297. The summed E-state index contributed by atoms with van der Waals surface area (Å²) in [5.41, 5.74) is 12.9. The van der Waals surface area contributed by atoms with Gasteiger partial charge in [0.25, 0.3) is 5.56 Å². The molecule has 1 aliphatic rings. The molecule has 0 saturated heterocycles. The second-order valence-corrected chi connectivity index (χ2v) is 11.4. The quantitative estimate of drug-likeness (QED) is 0.203. The molecule has 4 rings (SSSR count). The minimum atomic E-state index is -0.572. The fourth-order valence-corrected chi connectivity index (χ4v) is 4.97. The molecule has 0 amide bonds. The Morgan fingerprint density at radius 3 is 2.40 bits per heavy atom. The third kappa shape index (κ3) is 11.3. The van der Waals surface area contributed by atoms with Crippen LogP contribution in [-0.2, 0) is 13.7 Å². The van der Waals surface area contributed by atoms with Crippen molar-refractivity contribution >= 4 is 22.5 Å². The van der Waals surface area contributed by atoms with Gasteiger partial charge < -0.3 is 31.2 Å². The highest BCUT2D eigenvalue weighted by atomic mass is 19.1. The van der Waals surface area contributed by atoms with Gasteiger partial charge in [0.05, 0.1) is 23.7 Å². The van der Waals surface area contributed by atoms with Gasteiger partial charge in [-0.15, -0.1) is 0 Å². The number of guanidine groups is 1. The van der Waals surface area contributed by atoms with Crippen LogP contribution in [0.25, 0.3) is 10.9 Å². The maximum absolute atomic E-state index is 14.2. The van der Waals surface area contributed by atoms with E-state index in [2.05, 4.69) is 29.1 Å². The molecule has 0 radical (unpaired) electrons. The number of fused-ring (bicyclic) bond motifs is 1. The molecule has 3 atom stereocenters. The Labute approximate surface area is 268 Å². The number of likely N-dealkylation sites (N-methyl/N-ethyl adjacent to an activating group) is 1. The second kappa shape index (κ2) is 19.0. The highest BCUT2D eigenvalue weighted by Gasteiger charge is 2.16. The van der Waals surface area contributed by atoms with Crippen molar-refractivity contribution < 1.29 is 13.9 Å². The topological polar surface area (TPSA) is 133 Å². The fraction of sp³-hybridized carbons (Fsp3) is 0.559. The number of nitrogens with zero attached hydrogens (tertiary/aromatic N) is 4. The van der Waals surface area contributed by atoms with Crippen LogP contribution in [0.2, 0.25) is 0 Å². The Bertz CT molecular complexity index is 1420. The first-order chi connectivity index (χ1) is 21.5. The summed E-state index contributed by atoms with van der Waals surface area (Å²) in [4.78, 5) is 23.8. The van der Waals surface area contributed by atoms with Gasteiger partial charge in [-0.25, -0.2) is 14.4 Å². The first kappa shape index (κ1) is 37.5. The molecule has 2 aromatic carbocycles. The Balaban J connectivity index is 0.000000604. The summed E-state index contributed by atoms with van der Waals surface area (Å²) in [5.74, 6) is 2.49. The molecule has 11 heteroatoms. The van der Waals surface area contributed by atoms with E-state index in [1.54, 1.807) is 31.3 Å². The minimum Gasteiger partial charge on any atom is -0.497 e. The van der Waals surface area contributed by atoms with Crippen LogP contribution in [0, 0.1) is 17.7 Å². The van der Waals surface area contributed by atoms with Crippen molar-refractivity contribution in [3.63, 3.8) is 0 Å². The molecule has 3 aromatic rings. The van der Waals surface area contributed by atoms with Crippen molar-refractivity contribution in [2.75, 3.05) is 33.8 Å². The Morgan fingerprint density at radius 2 is 1.84 bits per heavy atom. The van der Waals surface area contributed by atoms with Gasteiger partial charge in [0.1, 0.15) is 18.2 Å². The first-order valence-electron chi connectivity index (χ1n) is 16.0. The summed E-state index contributed by atoms with van der Waals surface area (Å²) in [7, 11) is 4.90. The molecule has 0 aliphatic heterocycles. The lowest BCUT2D eigenvalue weighted by molar-refractivity contribution is 0.274. The number of benzene rings is 2. The Hall–Kier alpha value is -3.70. The first-order valence-corrected chi connectivity index (χ1v) is 16.0. The summed E-state index contributed by atoms with van der Waals surface area (Å²) in [6.07, 6.45) is 5.90. The molecule has 1 aromatic heterocycles. The number of ether oxygens (including phenoxy) is 2.